The molecule has 0 saturated carbocycles. The number of amides is 1. The van der Waals surface area contributed by atoms with E-state index < -0.39 is 11.9 Å². The van der Waals surface area contributed by atoms with Crippen LogP contribution in [0.4, 0.5) is 0 Å². The first kappa shape index (κ1) is 17.0. The van der Waals surface area contributed by atoms with E-state index in [2.05, 4.69) is 5.32 Å². The maximum Gasteiger partial charge on any atom is 0.375 e. The molecule has 0 aliphatic rings. The van der Waals surface area contributed by atoms with Crippen LogP contribution in [-0.2, 0) is 16.1 Å². The molecule has 0 saturated heterocycles. The van der Waals surface area contributed by atoms with E-state index in [0.717, 1.165) is 10.9 Å². The molecule has 3 rings (SSSR count). The zero-order chi connectivity index (χ0) is 17.8. The number of fused-ring (bicyclic) bond motifs is 1. The van der Waals surface area contributed by atoms with Crippen LogP contribution in [0.15, 0.2) is 52.9 Å². The van der Waals surface area contributed by atoms with Crippen LogP contribution in [0.2, 0.25) is 5.02 Å². The number of carbonyl (C=O) groups excluding carboxylic acids is 2. The van der Waals surface area contributed by atoms with Crippen molar-refractivity contribution in [3.8, 4) is 0 Å². The summed E-state index contributed by atoms with van der Waals surface area (Å²) in [5.74, 6) is -0.969. The van der Waals surface area contributed by atoms with Gasteiger partial charge in [0.05, 0.1) is 0 Å². The lowest BCUT2D eigenvalue weighted by molar-refractivity contribution is -0.124. The van der Waals surface area contributed by atoms with Crippen molar-refractivity contribution in [2.24, 2.45) is 0 Å². The van der Waals surface area contributed by atoms with Gasteiger partial charge in [-0.15, -0.1) is 0 Å². The first-order valence-electron chi connectivity index (χ1n) is 7.71. The lowest BCUT2D eigenvalue weighted by Gasteiger charge is -2.07. The van der Waals surface area contributed by atoms with Gasteiger partial charge in [-0.2, -0.15) is 0 Å². The molecule has 5 nitrogen and oxygen atoms in total. The number of aryl methyl sites for hydroxylation is 1. The average molecular weight is 358 g/mol. The fourth-order valence-electron chi connectivity index (χ4n) is 2.45. The van der Waals surface area contributed by atoms with E-state index in [1.165, 1.54) is 0 Å². The molecular formula is C19H16ClNO4. The van der Waals surface area contributed by atoms with E-state index in [0.29, 0.717) is 16.2 Å². The Balaban J connectivity index is 1.57. The highest BCUT2D eigenvalue weighted by Crippen LogP contribution is 2.25. The number of esters is 1. The second kappa shape index (κ2) is 7.40. The number of hydrogen-bond donors (Lipinski definition) is 1. The standard InChI is InChI=1S/C19H16ClNO4/c1-12-14-7-3-5-9-16(14)25-18(12)19(23)24-11-17(22)21-10-13-6-2-4-8-15(13)20/h2-9H,10-11H2,1H3,(H,21,22). The third-order valence-electron chi connectivity index (χ3n) is 3.80. The van der Waals surface area contributed by atoms with Crippen molar-refractivity contribution in [3.63, 3.8) is 0 Å². The molecule has 6 heteroatoms. The first-order chi connectivity index (χ1) is 12.1. The van der Waals surface area contributed by atoms with Crippen LogP contribution in [-0.4, -0.2) is 18.5 Å². The van der Waals surface area contributed by atoms with Gasteiger partial charge in [-0.1, -0.05) is 48.0 Å². The van der Waals surface area contributed by atoms with Crippen LogP contribution in [0.1, 0.15) is 21.7 Å². The zero-order valence-corrected chi connectivity index (χ0v) is 14.3. The molecule has 0 spiro atoms. The number of furan rings is 1. The monoisotopic (exact) mass is 357 g/mol. The predicted molar refractivity (Wildman–Crippen MR) is 94.5 cm³/mol. The topological polar surface area (TPSA) is 68.5 Å². The van der Waals surface area contributed by atoms with Gasteiger partial charge >= 0.3 is 5.97 Å². The largest absolute Gasteiger partial charge is 0.450 e. The molecule has 0 unspecified atom stereocenters. The van der Waals surface area contributed by atoms with Gasteiger partial charge in [0.2, 0.25) is 5.76 Å². The molecule has 128 valence electrons. The van der Waals surface area contributed by atoms with Gasteiger partial charge in [-0.3, -0.25) is 4.79 Å². The van der Waals surface area contributed by atoms with E-state index in [4.69, 9.17) is 20.8 Å². The molecule has 0 atom stereocenters. The van der Waals surface area contributed by atoms with Crippen molar-refractivity contribution < 1.29 is 18.7 Å². The summed E-state index contributed by atoms with van der Waals surface area (Å²) < 4.78 is 10.6. The van der Waals surface area contributed by atoms with Gasteiger partial charge < -0.3 is 14.5 Å². The number of hydrogen-bond acceptors (Lipinski definition) is 4. The van der Waals surface area contributed by atoms with Gasteiger partial charge in [0.1, 0.15) is 5.58 Å². The van der Waals surface area contributed by atoms with E-state index in [-0.39, 0.29) is 18.9 Å². The number of carbonyl (C=O) groups is 2. The van der Waals surface area contributed by atoms with Gasteiger partial charge in [0.25, 0.3) is 5.91 Å². The van der Waals surface area contributed by atoms with Crippen LogP contribution in [0.5, 0.6) is 0 Å². The molecule has 3 aromatic rings. The van der Waals surface area contributed by atoms with Crippen LogP contribution in [0, 0.1) is 6.92 Å². The third kappa shape index (κ3) is 3.83. The lowest BCUT2D eigenvalue weighted by Crippen LogP contribution is -2.28. The Labute approximate surface area is 149 Å². The van der Waals surface area contributed by atoms with Gasteiger partial charge in [-0.05, 0) is 24.6 Å². The van der Waals surface area contributed by atoms with E-state index >= 15 is 0 Å². The zero-order valence-electron chi connectivity index (χ0n) is 13.5. The molecule has 0 radical (unpaired) electrons. The number of benzene rings is 2. The highest BCUT2D eigenvalue weighted by Gasteiger charge is 2.19. The Hall–Kier alpha value is -2.79. The van der Waals surface area contributed by atoms with E-state index in [1.54, 1.807) is 19.1 Å². The normalized spacial score (nSPS) is 10.6. The summed E-state index contributed by atoms with van der Waals surface area (Å²) in [6.07, 6.45) is 0. The fourth-order valence-corrected chi connectivity index (χ4v) is 2.65. The Morgan fingerprint density at radius 1 is 1.12 bits per heavy atom. The third-order valence-corrected chi connectivity index (χ3v) is 4.17. The molecule has 0 fully saturated rings. The fraction of sp³-hybridized carbons (Fsp3) is 0.158. The second-order valence-corrected chi connectivity index (χ2v) is 5.90. The maximum absolute atomic E-state index is 12.2. The van der Waals surface area contributed by atoms with Crippen molar-refractivity contribution in [2.45, 2.75) is 13.5 Å². The van der Waals surface area contributed by atoms with Crippen molar-refractivity contribution in [3.05, 3.63) is 70.4 Å². The van der Waals surface area contributed by atoms with Gasteiger partial charge in [-0.25, -0.2) is 4.79 Å². The molecule has 1 aromatic heterocycles. The maximum atomic E-state index is 12.2. The van der Waals surface area contributed by atoms with Crippen molar-refractivity contribution in [1.82, 2.24) is 5.32 Å². The first-order valence-corrected chi connectivity index (χ1v) is 8.09. The Kier molecular flexibility index (Phi) is 5.05. The van der Waals surface area contributed by atoms with Crippen molar-refractivity contribution in [1.29, 1.82) is 0 Å². The molecule has 25 heavy (non-hydrogen) atoms. The van der Waals surface area contributed by atoms with Crippen molar-refractivity contribution in [2.75, 3.05) is 6.61 Å². The highest BCUT2D eigenvalue weighted by molar-refractivity contribution is 6.31. The summed E-state index contributed by atoms with van der Waals surface area (Å²) in [5.41, 5.74) is 2.09. The number of para-hydroxylation sites is 1. The summed E-state index contributed by atoms with van der Waals surface area (Å²) in [6, 6.07) is 14.5. The Morgan fingerprint density at radius 2 is 1.84 bits per heavy atom. The average Bonchev–Trinajstić information content (AvgIpc) is 2.96. The van der Waals surface area contributed by atoms with Crippen LogP contribution < -0.4 is 5.32 Å². The molecule has 1 amide bonds. The molecule has 0 bridgehead atoms. The summed E-state index contributed by atoms with van der Waals surface area (Å²) in [4.78, 5) is 24.0. The number of nitrogens with one attached hydrogen (secondary N) is 1. The molecule has 0 aliphatic carbocycles. The van der Waals surface area contributed by atoms with E-state index in [9.17, 15) is 9.59 Å². The summed E-state index contributed by atoms with van der Waals surface area (Å²) in [6.45, 7) is 1.65. The molecular weight excluding hydrogens is 342 g/mol. The highest BCUT2D eigenvalue weighted by atomic mass is 35.5. The molecule has 0 aliphatic heterocycles. The minimum Gasteiger partial charge on any atom is -0.450 e. The lowest BCUT2D eigenvalue weighted by atomic mass is 10.1. The minimum absolute atomic E-state index is 0.111. The van der Waals surface area contributed by atoms with Crippen LogP contribution in [0.25, 0.3) is 11.0 Å². The summed E-state index contributed by atoms with van der Waals surface area (Å²) in [5, 5.41) is 4.07. The van der Waals surface area contributed by atoms with Crippen LogP contribution in [0.3, 0.4) is 0 Å². The number of rotatable bonds is 5. The number of ether oxygens (including phenoxy) is 1. The van der Waals surface area contributed by atoms with Gasteiger partial charge in [0.15, 0.2) is 6.61 Å². The molecule has 2 aromatic carbocycles. The summed E-state index contributed by atoms with van der Waals surface area (Å²) in [7, 11) is 0. The molecule has 1 heterocycles. The van der Waals surface area contributed by atoms with Gasteiger partial charge in [0, 0.05) is 22.5 Å². The second-order valence-electron chi connectivity index (χ2n) is 5.50. The van der Waals surface area contributed by atoms with Crippen LogP contribution >= 0.6 is 11.6 Å². The SMILES string of the molecule is Cc1c(C(=O)OCC(=O)NCc2ccccc2Cl)oc2ccccc12. The molecule has 1 N–H and O–H groups in total. The predicted octanol–water partition coefficient (Wildman–Crippen LogP) is 3.87. The minimum atomic E-state index is -0.665. The Morgan fingerprint density at radius 3 is 2.60 bits per heavy atom. The number of halogens is 1. The van der Waals surface area contributed by atoms with E-state index in [1.807, 2.05) is 36.4 Å². The quantitative estimate of drug-likeness (QED) is 0.704. The smallest absolute Gasteiger partial charge is 0.375 e. The van der Waals surface area contributed by atoms with Crippen molar-refractivity contribution >= 4 is 34.4 Å². The Bertz CT molecular complexity index is 932. The summed E-state index contributed by atoms with van der Waals surface area (Å²) >= 11 is 6.02.